The van der Waals surface area contributed by atoms with E-state index in [2.05, 4.69) is 5.32 Å². The van der Waals surface area contributed by atoms with Gasteiger partial charge in [-0.05, 0) is 50.6 Å². The maximum Gasteiger partial charge on any atom is 0.242 e. The Bertz CT molecular complexity index is 512. The zero-order chi connectivity index (χ0) is 16.7. The van der Waals surface area contributed by atoms with Crippen LogP contribution in [0.15, 0.2) is 0 Å². The minimum absolute atomic E-state index is 0.0434. The first kappa shape index (κ1) is 16.1. The average molecular weight is 333 g/mol. The number of imide groups is 1. The van der Waals surface area contributed by atoms with E-state index >= 15 is 0 Å². The van der Waals surface area contributed by atoms with Gasteiger partial charge >= 0.3 is 0 Å². The second-order valence-corrected chi connectivity index (χ2v) is 7.90. The van der Waals surface area contributed by atoms with Crippen molar-refractivity contribution in [3.63, 3.8) is 0 Å². The van der Waals surface area contributed by atoms with Crippen LogP contribution < -0.4 is 5.32 Å². The second-order valence-electron chi connectivity index (χ2n) is 7.90. The minimum atomic E-state index is -0.159. The maximum absolute atomic E-state index is 12.7. The van der Waals surface area contributed by atoms with Crippen molar-refractivity contribution in [2.75, 3.05) is 32.7 Å². The number of nitrogens with zero attached hydrogens (tertiary/aromatic N) is 2. The van der Waals surface area contributed by atoms with E-state index in [9.17, 15) is 14.4 Å². The van der Waals surface area contributed by atoms with Gasteiger partial charge in [-0.1, -0.05) is 12.8 Å². The zero-order valence-corrected chi connectivity index (χ0v) is 14.2. The Morgan fingerprint density at radius 1 is 0.917 bits per heavy atom. The van der Waals surface area contributed by atoms with Crippen LogP contribution >= 0.6 is 0 Å². The molecule has 0 aromatic heterocycles. The van der Waals surface area contributed by atoms with Crippen molar-refractivity contribution >= 4 is 17.7 Å². The van der Waals surface area contributed by atoms with E-state index in [0.29, 0.717) is 11.8 Å². The largest absolute Gasteiger partial charge is 0.341 e. The molecule has 24 heavy (non-hydrogen) atoms. The summed E-state index contributed by atoms with van der Waals surface area (Å²) in [6.07, 6.45) is 5.70. The number of hydrogen-bond donors (Lipinski definition) is 1. The summed E-state index contributed by atoms with van der Waals surface area (Å²) in [5.74, 6) is 0.759. The quantitative estimate of drug-likeness (QED) is 0.752. The lowest BCUT2D eigenvalue weighted by Crippen LogP contribution is -2.43. The molecule has 1 N–H and O–H groups in total. The lowest BCUT2D eigenvalue weighted by molar-refractivity contribution is -0.146. The highest BCUT2D eigenvalue weighted by Gasteiger charge is 2.48. The second kappa shape index (κ2) is 6.47. The van der Waals surface area contributed by atoms with Crippen molar-refractivity contribution in [2.45, 2.75) is 38.5 Å². The molecule has 0 bridgehead atoms. The van der Waals surface area contributed by atoms with Crippen LogP contribution in [0.3, 0.4) is 0 Å². The summed E-state index contributed by atoms with van der Waals surface area (Å²) in [6, 6.07) is 0. The third kappa shape index (κ3) is 2.75. The number of nitrogens with one attached hydrogen (secondary N) is 1. The van der Waals surface area contributed by atoms with Crippen LogP contribution in [0.5, 0.6) is 0 Å². The Balaban J connectivity index is 1.39. The van der Waals surface area contributed by atoms with E-state index in [1.807, 2.05) is 4.90 Å². The highest BCUT2D eigenvalue weighted by Crippen LogP contribution is 2.38. The third-order valence-corrected chi connectivity index (χ3v) is 6.60. The van der Waals surface area contributed by atoms with Gasteiger partial charge in [-0.15, -0.1) is 0 Å². The van der Waals surface area contributed by atoms with Gasteiger partial charge in [0.1, 0.15) is 6.54 Å². The summed E-state index contributed by atoms with van der Waals surface area (Å²) in [5, 5.41) is 3.43. The molecule has 6 heteroatoms. The fraction of sp³-hybridized carbons (Fsp3) is 0.833. The van der Waals surface area contributed by atoms with E-state index in [1.165, 1.54) is 4.90 Å². The van der Waals surface area contributed by atoms with Crippen molar-refractivity contribution in [3.8, 4) is 0 Å². The molecule has 0 aromatic rings. The van der Waals surface area contributed by atoms with E-state index in [1.54, 1.807) is 0 Å². The molecule has 0 radical (unpaired) electrons. The fourth-order valence-corrected chi connectivity index (χ4v) is 5.09. The van der Waals surface area contributed by atoms with Crippen LogP contribution in [0, 0.1) is 23.7 Å². The molecule has 0 aromatic carbocycles. The van der Waals surface area contributed by atoms with Gasteiger partial charge in [-0.2, -0.15) is 0 Å². The number of carbonyl (C=O) groups is 3. The van der Waals surface area contributed by atoms with Crippen LogP contribution in [0.1, 0.15) is 38.5 Å². The molecule has 1 saturated carbocycles. The number of hydrogen-bond acceptors (Lipinski definition) is 4. The smallest absolute Gasteiger partial charge is 0.242 e. The number of carbonyl (C=O) groups excluding carboxylic acids is 3. The highest BCUT2D eigenvalue weighted by atomic mass is 16.2. The van der Waals surface area contributed by atoms with Crippen molar-refractivity contribution in [1.82, 2.24) is 15.1 Å². The molecule has 0 spiro atoms. The van der Waals surface area contributed by atoms with E-state index < -0.39 is 0 Å². The van der Waals surface area contributed by atoms with E-state index in [4.69, 9.17) is 0 Å². The van der Waals surface area contributed by atoms with Gasteiger partial charge in [0.15, 0.2) is 0 Å². The molecule has 4 aliphatic rings. The molecule has 6 nitrogen and oxygen atoms in total. The number of amides is 3. The number of likely N-dealkylation sites (tertiary alicyclic amines) is 2. The van der Waals surface area contributed by atoms with Gasteiger partial charge in [0.2, 0.25) is 17.7 Å². The summed E-state index contributed by atoms with van der Waals surface area (Å²) < 4.78 is 0. The normalized spacial score (nSPS) is 36.5. The topological polar surface area (TPSA) is 69.7 Å². The van der Waals surface area contributed by atoms with Gasteiger partial charge in [-0.25, -0.2) is 0 Å². The minimum Gasteiger partial charge on any atom is -0.341 e. The van der Waals surface area contributed by atoms with Crippen LogP contribution in [0.2, 0.25) is 0 Å². The first-order chi connectivity index (χ1) is 11.6. The monoisotopic (exact) mass is 333 g/mol. The van der Waals surface area contributed by atoms with Crippen molar-refractivity contribution in [1.29, 1.82) is 0 Å². The van der Waals surface area contributed by atoms with Gasteiger partial charge in [-0.3, -0.25) is 19.3 Å². The highest BCUT2D eigenvalue weighted by molar-refractivity contribution is 6.07. The van der Waals surface area contributed by atoms with Crippen molar-refractivity contribution < 1.29 is 14.4 Å². The number of fused-ring (bicyclic) bond motifs is 2. The molecule has 1 aliphatic carbocycles. The fourth-order valence-electron chi connectivity index (χ4n) is 5.09. The van der Waals surface area contributed by atoms with Crippen LogP contribution in [-0.2, 0) is 14.4 Å². The summed E-state index contributed by atoms with van der Waals surface area (Å²) in [7, 11) is 0. The van der Waals surface area contributed by atoms with Gasteiger partial charge in [0, 0.05) is 13.1 Å². The Morgan fingerprint density at radius 2 is 1.46 bits per heavy atom. The van der Waals surface area contributed by atoms with Crippen LogP contribution in [-0.4, -0.2) is 60.2 Å². The lowest BCUT2D eigenvalue weighted by Gasteiger charge is -2.23. The Labute approximate surface area is 142 Å². The Hall–Kier alpha value is -1.43. The Kier molecular flexibility index (Phi) is 4.33. The van der Waals surface area contributed by atoms with Crippen LogP contribution in [0.25, 0.3) is 0 Å². The molecule has 3 amide bonds. The molecular formula is C18H27N3O3. The molecule has 4 fully saturated rings. The van der Waals surface area contributed by atoms with Crippen molar-refractivity contribution in [3.05, 3.63) is 0 Å². The summed E-state index contributed by atoms with van der Waals surface area (Å²) in [4.78, 5) is 40.9. The summed E-state index contributed by atoms with van der Waals surface area (Å²) >= 11 is 0. The zero-order valence-electron chi connectivity index (χ0n) is 14.2. The van der Waals surface area contributed by atoms with Crippen molar-refractivity contribution in [2.24, 2.45) is 23.7 Å². The molecule has 4 atom stereocenters. The molecule has 4 rings (SSSR count). The molecule has 3 saturated heterocycles. The number of rotatable bonds is 2. The first-order valence-electron chi connectivity index (χ1n) is 9.49. The van der Waals surface area contributed by atoms with Gasteiger partial charge in [0.05, 0.1) is 11.8 Å². The molecular weight excluding hydrogens is 306 g/mol. The molecule has 3 heterocycles. The first-order valence-corrected chi connectivity index (χ1v) is 9.49. The molecule has 2 unspecified atom stereocenters. The predicted molar refractivity (Wildman–Crippen MR) is 87.8 cm³/mol. The average Bonchev–Trinajstić information content (AvgIpc) is 3.06. The van der Waals surface area contributed by atoms with E-state index in [0.717, 1.165) is 64.7 Å². The third-order valence-electron chi connectivity index (χ3n) is 6.60. The summed E-state index contributed by atoms with van der Waals surface area (Å²) in [6.45, 7) is 3.58. The molecule has 3 aliphatic heterocycles. The summed E-state index contributed by atoms with van der Waals surface area (Å²) in [5.41, 5.74) is 0. The lowest BCUT2D eigenvalue weighted by atomic mass is 9.81. The SMILES string of the molecule is O=C(CN1C(=O)C2CCCCC2C1=O)N1CC[C@@H]2CNC[C@@H]2CC1. The maximum atomic E-state index is 12.7. The Morgan fingerprint density at radius 3 is 2.00 bits per heavy atom. The van der Waals surface area contributed by atoms with E-state index in [-0.39, 0.29) is 36.1 Å². The molecule has 132 valence electrons. The van der Waals surface area contributed by atoms with Gasteiger partial charge in [0.25, 0.3) is 0 Å². The van der Waals surface area contributed by atoms with Gasteiger partial charge < -0.3 is 10.2 Å². The predicted octanol–water partition coefficient (Wildman–Crippen LogP) is 0.620. The van der Waals surface area contributed by atoms with Crippen LogP contribution in [0.4, 0.5) is 0 Å². The standard InChI is InChI=1S/C18H27N3O3/c22-16(20-7-5-12-9-19-10-13(12)6-8-20)11-21-17(23)14-3-1-2-4-15(14)18(21)24/h12-15,19H,1-11H2/t12-,13+,14?,15?.